The van der Waals surface area contributed by atoms with Crippen LogP contribution in [0.2, 0.25) is 5.02 Å². The molecule has 0 radical (unpaired) electrons. The van der Waals surface area contributed by atoms with Gasteiger partial charge in [-0.15, -0.1) is 0 Å². The molecule has 2 aromatic carbocycles. The molecule has 0 N–H and O–H groups in total. The van der Waals surface area contributed by atoms with Crippen LogP contribution in [-0.4, -0.2) is 29.8 Å². The highest BCUT2D eigenvalue weighted by molar-refractivity contribution is 6.32. The molecule has 0 saturated heterocycles. The Morgan fingerprint density at radius 3 is 2.61 bits per heavy atom. The van der Waals surface area contributed by atoms with Crippen molar-refractivity contribution in [3.8, 4) is 5.75 Å². The van der Waals surface area contributed by atoms with Crippen molar-refractivity contribution in [2.75, 3.05) is 14.1 Å². The molecule has 120 valence electrons. The van der Waals surface area contributed by atoms with Crippen LogP contribution in [0.25, 0.3) is 0 Å². The highest BCUT2D eigenvalue weighted by atomic mass is 35.5. The van der Waals surface area contributed by atoms with Gasteiger partial charge in [-0.1, -0.05) is 23.7 Å². The van der Waals surface area contributed by atoms with Gasteiger partial charge in [0.05, 0.1) is 9.95 Å². The first-order valence-corrected chi connectivity index (χ1v) is 7.13. The van der Waals surface area contributed by atoms with Gasteiger partial charge in [0.2, 0.25) is 0 Å². The molecule has 2 rings (SSSR count). The molecular formula is C16H15ClN2O4. The second-order valence-corrected chi connectivity index (χ2v) is 5.47. The molecule has 6 nitrogen and oxygen atoms in total. The predicted octanol–water partition coefficient (Wildman–Crippen LogP) is 3.53. The Bertz CT molecular complexity index is 747. The quantitative estimate of drug-likeness (QED) is 0.619. The van der Waals surface area contributed by atoms with Gasteiger partial charge >= 0.3 is 0 Å². The molecule has 1 amide bonds. The molecule has 0 aliphatic carbocycles. The van der Waals surface area contributed by atoms with Crippen molar-refractivity contribution < 1.29 is 14.5 Å². The summed E-state index contributed by atoms with van der Waals surface area (Å²) in [6.45, 7) is 0.200. The minimum Gasteiger partial charge on any atom is -0.487 e. The third kappa shape index (κ3) is 4.20. The van der Waals surface area contributed by atoms with E-state index in [0.29, 0.717) is 11.3 Å². The summed E-state index contributed by atoms with van der Waals surface area (Å²) in [5.74, 6) is 0.252. The second kappa shape index (κ2) is 7.11. The van der Waals surface area contributed by atoms with E-state index in [1.807, 2.05) is 6.07 Å². The lowest BCUT2D eigenvalue weighted by Gasteiger charge is -2.12. The van der Waals surface area contributed by atoms with Gasteiger partial charge in [-0.3, -0.25) is 14.9 Å². The van der Waals surface area contributed by atoms with E-state index in [9.17, 15) is 14.9 Å². The summed E-state index contributed by atoms with van der Waals surface area (Å²) in [5.41, 5.74) is 1.26. The molecule has 2 aromatic rings. The number of carbonyl (C=O) groups excluding carboxylic acids is 1. The number of rotatable bonds is 5. The topological polar surface area (TPSA) is 72.7 Å². The number of hydrogen-bond donors (Lipinski definition) is 0. The minimum atomic E-state index is -0.522. The minimum absolute atomic E-state index is 0.0964. The van der Waals surface area contributed by atoms with Crippen LogP contribution in [0.15, 0.2) is 42.5 Å². The zero-order valence-electron chi connectivity index (χ0n) is 12.7. The van der Waals surface area contributed by atoms with Crippen molar-refractivity contribution in [2.45, 2.75) is 6.61 Å². The van der Waals surface area contributed by atoms with Crippen molar-refractivity contribution in [1.29, 1.82) is 0 Å². The average Bonchev–Trinajstić information content (AvgIpc) is 2.53. The molecule has 23 heavy (non-hydrogen) atoms. The Hall–Kier alpha value is -2.60. The molecule has 0 unspecified atom stereocenters. The SMILES string of the molecule is CN(C)C(=O)c1cccc(COc2ccc([N+](=O)[O-])cc2Cl)c1. The van der Waals surface area contributed by atoms with Crippen LogP contribution in [0.5, 0.6) is 5.75 Å². The van der Waals surface area contributed by atoms with Crippen LogP contribution in [0.3, 0.4) is 0 Å². The Morgan fingerprint density at radius 1 is 1.26 bits per heavy atom. The summed E-state index contributed by atoms with van der Waals surface area (Å²) >= 11 is 5.97. The summed E-state index contributed by atoms with van der Waals surface area (Å²) in [6, 6.07) is 11.1. The Balaban J connectivity index is 2.11. The van der Waals surface area contributed by atoms with Crippen LogP contribution < -0.4 is 4.74 Å². The van der Waals surface area contributed by atoms with E-state index in [4.69, 9.17) is 16.3 Å². The molecule has 0 aliphatic heterocycles. The maximum Gasteiger partial charge on any atom is 0.271 e. The number of ether oxygens (including phenoxy) is 1. The second-order valence-electron chi connectivity index (χ2n) is 5.06. The van der Waals surface area contributed by atoms with Crippen LogP contribution in [0, 0.1) is 10.1 Å². The normalized spacial score (nSPS) is 10.2. The number of amides is 1. The summed E-state index contributed by atoms with van der Waals surface area (Å²) < 4.78 is 5.57. The Kier molecular flexibility index (Phi) is 5.18. The van der Waals surface area contributed by atoms with E-state index >= 15 is 0 Å². The molecule has 0 spiro atoms. The summed E-state index contributed by atoms with van der Waals surface area (Å²) in [6.07, 6.45) is 0. The number of hydrogen-bond acceptors (Lipinski definition) is 4. The number of carbonyl (C=O) groups is 1. The zero-order chi connectivity index (χ0) is 17.0. The highest BCUT2D eigenvalue weighted by Gasteiger charge is 2.11. The molecule has 0 heterocycles. The van der Waals surface area contributed by atoms with E-state index in [2.05, 4.69) is 0 Å². The highest BCUT2D eigenvalue weighted by Crippen LogP contribution is 2.29. The summed E-state index contributed by atoms with van der Waals surface area (Å²) in [5, 5.41) is 10.8. The number of halogens is 1. The van der Waals surface area contributed by atoms with Crippen LogP contribution in [-0.2, 0) is 6.61 Å². The van der Waals surface area contributed by atoms with Crippen molar-refractivity contribution >= 4 is 23.2 Å². The van der Waals surface area contributed by atoms with Gasteiger partial charge < -0.3 is 9.64 Å². The third-order valence-electron chi connectivity index (χ3n) is 3.10. The number of non-ortho nitro benzene ring substituents is 1. The molecule has 7 heteroatoms. The number of nitro groups is 1. The maximum atomic E-state index is 11.9. The van der Waals surface area contributed by atoms with Gasteiger partial charge in [0, 0.05) is 31.8 Å². The molecule has 0 bridgehead atoms. The standard InChI is InChI=1S/C16H15ClN2O4/c1-18(2)16(20)12-5-3-4-11(8-12)10-23-15-7-6-13(19(21)22)9-14(15)17/h3-9H,10H2,1-2H3. The van der Waals surface area contributed by atoms with Crippen molar-refractivity contribution in [1.82, 2.24) is 4.90 Å². The Labute approximate surface area is 138 Å². The molecule has 0 aromatic heterocycles. The van der Waals surface area contributed by atoms with E-state index in [0.717, 1.165) is 5.56 Å². The van der Waals surface area contributed by atoms with Crippen LogP contribution in [0.4, 0.5) is 5.69 Å². The first-order chi connectivity index (χ1) is 10.9. The molecule has 0 saturated carbocycles. The van der Waals surface area contributed by atoms with Gasteiger partial charge in [0.15, 0.2) is 0 Å². The monoisotopic (exact) mass is 334 g/mol. The summed E-state index contributed by atoms with van der Waals surface area (Å²) in [4.78, 5) is 23.6. The molecule has 0 fully saturated rings. The van der Waals surface area contributed by atoms with Crippen molar-refractivity contribution in [3.05, 3.63) is 68.7 Å². The molecule has 0 aliphatic rings. The molecule has 0 atom stereocenters. The van der Waals surface area contributed by atoms with E-state index < -0.39 is 4.92 Å². The predicted molar refractivity (Wildman–Crippen MR) is 86.9 cm³/mol. The average molecular weight is 335 g/mol. The first kappa shape index (κ1) is 16.8. The third-order valence-corrected chi connectivity index (χ3v) is 3.40. The fourth-order valence-electron chi connectivity index (χ4n) is 1.93. The lowest BCUT2D eigenvalue weighted by atomic mass is 10.1. The fourth-order valence-corrected chi connectivity index (χ4v) is 2.16. The number of nitrogens with zero attached hydrogens (tertiary/aromatic N) is 2. The van der Waals surface area contributed by atoms with E-state index in [-0.39, 0.29) is 23.2 Å². The molecular weight excluding hydrogens is 320 g/mol. The lowest BCUT2D eigenvalue weighted by Crippen LogP contribution is -2.21. The number of benzene rings is 2. The van der Waals surface area contributed by atoms with Gasteiger partial charge in [0.25, 0.3) is 11.6 Å². The van der Waals surface area contributed by atoms with E-state index in [1.165, 1.54) is 23.1 Å². The van der Waals surface area contributed by atoms with Gasteiger partial charge in [0.1, 0.15) is 12.4 Å². The van der Waals surface area contributed by atoms with Crippen molar-refractivity contribution in [3.63, 3.8) is 0 Å². The first-order valence-electron chi connectivity index (χ1n) is 6.76. The maximum absolute atomic E-state index is 11.9. The Morgan fingerprint density at radius 2 is 2.00 bits per heavy atom. The van der Waals surface area contributed by atoms with Crippen LogP contribution >= 0.6 is 11.6 Å². The van der Waals surface area contributed by atoms with Crippen LogP contribution in [0.1, 0.15) is 15.9 Å². The largest absolute Gasteiger partial charge is 0.487 e. The van der Waals surface area contributed by atoms with E-state index in [1.54, 1.807) is 32.3 Å². The number of nitro benzene ring substituents is 1. The summed E-state index contributed by atoms with van der Waals surface area (Å²) in [7, 11) is 3.37. The lowest BCUT2D eigenvalue weighted by molar-refractivity contribution is -0.384. The van der Waals surface area contributed by atoms with Gasteiger partial charge in [-0.05, 0) is 23.8 Å². The zero-order valence-corrected chi connectivity index (χ0v) is 13.4. The van der Waals surface area contributed by atoms with Gasteiger partial charge in [-0.2, -0.15) is 0 Å². The van der Waals surface area contributed by atoms with Crippen molar-refractivity contribution in [2.24, 2.45) is 0 Å². The smallest absolute Gasteiger partial charge is 0.271 e. The fraction of sp³-hybridized carbons (Fsp3) is 0.188. The van der Waals surface area contributed by atoms with Gasteiger partial charge in [-0.25, -0.2) is 0 Å².